The number of hydrogen-bond acceptors (Lipinski definition) is 3. The summed E-state index contributed by atoms with van der Waals surface area (Å²) in [6.07, 6.45) is 2.46. The largest absolute Gasteiger partial charge is 0.397 e. The number of hydrogen-bond donors (Lipinski definition) is 2. The minimum atomic E-state index is -0.469. The van der Waals surface area contributed by atoms with Gasteiger partial charge < -0.3 is 11.1 Å². The van der Waals surface area contributed by atoms with Crippen LogP contribution in [0.15, 0.2) is 12.1 Å². The molecule has 1 aliphatic rings. The van der Waals surface area contributed by atoms with Crippen LogP contribution in [0.3, 0.4) is 0 Å². The molecule has 1 heterocycles. The van der Waals surface area contributed by atoms with Crippen LogP contribution in [0.4, 0.5) is 15.8 Å². The van der Waals surface area contributed by atoms with Gasteiger partial charge in [0.1, 0.15) is 5.82 Å². The van der Waals surface area contributed by atoms with Gasteiger partial charge in [-0.2, -0.15) is 11.8 Å². The third-order valence-corrected chi connectivity index (χ3v) is 4.35. The van der Waals surface area contributed by atoms with E-state index < -0.39 is 5.82 Å². The zero-order chi connectivity index (χ0) is 12.3. The topological polar surface area (TPSA) is 38.0 Å². The maximum absolute atomic E-state index is 13.1. The molecule has 1 aliphatic heterocycles. The van der Waals surface area contributed by atoms with Crippen molar-refractivity contribution in [3.8, 4) is 0 Å². The molecular formula is C12H16ClFN2S. The number of anilines is 2. The molecule has 94 valence electrons. The SMILES string of the molecule is Nc1cc(F)c(Cl)cc1NCC1CCSCC1. The molecule has 17 heavy (non-hydrogen) atoms. The molecule has 0 unspecified atom stereocenters. The first-order chi connectivity index (χ1) is 8.16. The normalized spacial score (nSPS) is 17.1. The van der Waals surface area contributed by atoms with Crippen molar-refractivity contribution in [1.29, 1.82) is 0 Å². The van der Waals surface area contributed by atoms with E-state index in [9.17, 15) is 4.39 Å². The highest BCUT2D eigenvalue weighted by Gasteiger charge is 2.14. The van der Waals surface area contributed by atoms with Crippen LogP contribution in [0.5, 0.6) is 0 Å². The molecule has 5 heteroatoms. The Balaban J connectivity index is 1.96. The Morgan fingerprint density at radius 1 is 1.41 bits per heavy atom. The second-order valence-corrected chi connectivity index (χ2v) is 5.92. The molecule has 0 bridgehead atoms. The summed E-state index contributed by atoms with van der Waals surface area (Å²) in [7, 11) is 0. The van der Waals surface area contributed by atoms with Gasteiger partial charge in [-0.25, -0.2) is 4.39 Å². The van der Waals surface area contributed by atoms with Gasteiger partial charge in [0.05, 0.1) is 16.4 Å². The monoisotopic (exact) mass is 274 g/mol. The molecule has 0 amide bonds. The van der Waals surface area contributed by atoms with Gasteiger partial charge in [0.25, 0.3) is 0 Å². The average Bonchev–Trinajstić information content (AvgIpc) is 2.33. The van der Waals surface area contributed by atoms with E-state index in [1.54, 1.807) is 6.07 Å². The van der Waals surface area contributed by atoms with Crippen LogP contribution in [0.25, 0.3) is 0 Å². The minimum absolute atomic E-state index is 0.112. The van der Waals surface area contributed by atoms with Crippen molar-refractivity contribution < 1.29 is 4.39 Å². The van der Waals surface area contributed by atoms with Crippen LogP contribution in [0.2, 0.25) is 5.02 Å². The fraction of sp³-hybridized carbons (Fsp3) is 0.500. The van der Waals surface area contributed by atoms with Crippen molar-refractivity contribution >= 4 is 34.7 Å². The first kappa shape index (κ1) is 12.8. The summed E-state index contributed by atoms with van der Waals surface area (Å²) in [6, 6.07) is 2.82. The third kappa shape index (κ3) is 3.42. The molecule has 1 aromatic rings. The third-order valence-electron chi connectivity index (χ3n) is 3.01. The second-order valence-electron chi connectivity index (χ2n) is 4.29. The lowest BCUT2D eigenvalue weighted by Crippen LogP contribution is -2.19. The first-order valence-corrected chi connectivity index (χ1v) is 7.26. The molecule has 0 atom stereocenters. The molecule has 2 nitrogen and oxygen atoms in total. The fourth-order valence-corrected chi connectivity index (χ4v) is 3.29. The molecule has 1 saturated heterocycles. The molecule has 2 rings (SSSR count). The summed E-state index contributed by atoms with van der Waals surface area (Å²) in [5.74, 6) is 2.67. The molecule has 0 radical (unpaired) electrons. The second kappa shape index (κ2) is 5.83. The fourth-order valence-electron chi connectivity index (χ4n) is 1.92. The smallest absolute Gasteiger partial charge is 0.143 e. The predicted octanol–water partition coefficient (Wildman–Crippen LogP) is 3.62. The lowest BCUT2D eigenvalue weighted by molar-refractivity contribution is 0.516. The minimum Gasteiger partial charge on any atom is -0.397 e. The van der Waals surface area contributed by atoms with E-state index >= 15 is 0 Å². The number of nitrogen functional groups attached to an aromatic ring is 1. The Morgan fingerprint density at radius 2 is 2.12 bits per heavy atom. The molecule has 0 saturated carbocycles. The summed E-state index contributed by atoms with van der Waals surface area (Å²) >= 11 is 7.74. The molecular weight excluding hydrogens is 259 g/mol. The number of benzene rings is 1. The van der Waals surface area contributed by atoms with Gasteiger partial charge in [0, 0.05) is 12.6 Å². The van der Waals surface area contributed by atoms with Gasteiger partial charge in [0.2, 0.25) is 0 Å². The zero-order valence-electron chi connectivity index (χ0n) is 9.51. The van der Waals surface area contributed by atoms with Crippen molar-refractivity contribution in [2.24, 2.45) is 5.92 Å². The molecule has 0 aromatic heterocycles. The lowest BCUT2D eigenvalue weighted by Gasteiger charge is -2.22. The van der Waals surface area contributed by atoms with E-state index in [1.165, 1.54) is 30.4 Å². The number of nitrogens with one attached hydrogen (secondary N) is 1. The number of rotatable bonds is 3. The van der Waals surface area contributed by atoms with Crippen molar-refractivity contribution in [2.75, 3.05) is 29.1 Å². The van der Waals surface area contributed by atoms with Gasteiger partial charge in [-0.05, 0) is 36.3 Å². The highest BCUT2D eigenvalue weighted by atomic mass is 35.5. The molecule has 0 aliphatic carbocycles. The highest BCUT2D eigenvalue weighted by Crippen LogP contribution is 2.28. The van der Waals surface area contributed by atoms with E-state index in [-0.39, 0.29) is 5.02 Å². The van der Waals surface area contributed by atoms with Gasteiger partial charge in [0.15, 0.2) is 0 Å². The number of nitrogens with two attached hydrogens (primary N) is 1. The lowest BCUT2D eigenvalue weighted by atomic mass is 10.0. The summed E-state index contributed by atoms with van der Waals surface area (Å²) in [4.78, 5) is 0. The van der Waals surface area contributed by atoms with E-state index in [0.29, 0.717) is 11.6 Å². The van der Waals surface area contributed by atoms with Crippen LogP contribution < -0.4 is 11.1 Å². The van der Waals surface area contributed by atoms with Crippen LogP contribution in [-0.4, -0.2) is 18.1 Å². The molecule has 1 fully saturated rings. The summed E-state index contributed by atoms with van der Waals surface area (Å²) < 4.78 is 13.1. The van der Waals surface area contributed by atoms with Crippen molar-refractivity contribution in [3.05, 3.63) is 23.0 Å². The first-order valence-electron chi connectivity index (χ1n) is 5.73. The standard InChI is InChI=1S/C12H16ClFN2S/c13-9-5-12(11(15)6-10(9)14)16-7-8-1-3-17-4-2-8/h5-6,8,16H,1-4,7,15H2. The maximum Gasteiger partial charge on any atom is 0.143 e. The Bertz CT molecular complexity index is 394. The predicted molar refractivity (Wildman–Crippen MR) is 74.4 cm³/mol. The van der Waals surface area contributed by atoms with Gasteiger partial charge >= 0.3 is 0 Å². The van der Waals surface area contributed by atoms with Crippen molar-refractivity contribution in [2.45, 2.75) is 12.8 Å². The number of halogens is 2. The van der Waals surface area contributed by atoms with Crippen LogP contribution in [0, 0.1) is 11.7 Å². The molecule has 0 spiro atoms. The average molecular weight is 275 g/mol. The Labute approximate surface area is 110 Å². The quantitative estimate of drug-likeness (QED) is 0.827. The summed E-state index contributed by atoms with van der Waals surface area (Å²) in [5.41, 5.74) is 6.89. The maximum atomic E-state index is 13.1. The summed E-state index contributed by atoms with van der Waals surface area (Å²) in [5, 5.41) is 3.38. The van der Waals surface area contributed by atoms with Crippen LogP contribution in [-0.2, 0) is 0 Å². The van der Waals surface area contributed by atoms with Gasteiger partial charge in [-0.15, -0.1) is 0 Å². The van der Waals surface area contributed by atoms with E-state index in [2.05, 4.69) is 5.32 Å². The van der Waals surface area contributed by atoms with Crippen molar-refractivity contribution in [1.82, 2.24) is 0 Å². The van der Waals surface area contributed by atoms with Gasteiger partial charge in [-0.3, -0.25) is 0 Å². The van der Waals surface area contributed by atoms with Gasteiger partial charge in [-0.1, -0.05) is 11.6 Å². The Hall–Kier alpha value is -0.610. The van der Waals surface area contributed by atoms with Crippen LogP contribution >= 0.6 is 23.4 Å². The van der Waals surface area contributed by atoms with Crippen LogP contribution in [0.1, 0.15) is 12.8 Å². The van der Waals surface area contributed by atoms with Crippen molar-refractivity contribution in [3.63, 3.8) is 0 Å². The molecule has 1 aromatic carbocycles. The Morgan fingerprint density at radius 3 is 2.82 bits per heavy atom. The number of thioether (sulfide) groups is 1. The van der Waals surface area contributed by atoms with E-state index in [1.807, 2.05) is 11.8 Å². The molecule has 3 N–H and O–H groups in total. The van der Waals surface area contributed by atoms with E-state index in [0.717, 1.165) is 12.2 Å². The summed E-state index contributed by atoms with van der Waals surface area (Å²) in [6.45, 7) is 0.882. The Kier molecular flexibility index (Phi) is 4.40. The van der Waals surface area contributed by atoms with E-state index in [4.69, 9.17) is 17.3 Å². The highest BCUT2D eigenvalue weighted by molar-refractivity contribution is 7.99. The zero-order valence-corrected chi connectivity index (χ0v) is 11.1.